The molecule has 1 aromatic carbocycles. The van der Waals surface area contributed by atoms with E-state index in [1.54, 1.807) is 19.1 Å². The van der Waals surface area contributed by atoms with Crippen LogP contribution in [0.5, 0.6) is 5.75 Å². The van der Waals surface area contributed by atoms with Gasteiger partial charge in [0.2, 0.25) is 0 Å². The van der Waals surface area contributed by atoms with Crippen molar-refractivity contribution in [3.63, 3.8) is 0 Å². The van der Waals surface area contributed by atoms with E-state index in [2.05, 4.69) is 12.6 Å². The smallest absolute Gasteiger partial charge is 0.168 e. The maximum absolute atomic E-state index is 13.1. The van der Waals surface area contributed by atoms with Crippen molar-refractivity contribution in [2.75, 3.05) is 13.2 Å². The van der Waals surface area contributed by atoms with Crippen molar-refractivity contribution in [3.8, 4) is 5.75 Å². The van der Waals surface area contributed by atoms with Crippen molar-refractivity contribution in [2.24, 2.45) is 0 Å². The Balaban J connectivity index is 1.99. The van der Waals surface area contributed by atoms with Crippen molar-refractivity contribution in [1.82, 2.24) is 0 Å². The Morgan fingerprint density at radius 1 is 1.64 bits per heavy atom. The molecule has 1 aliphatic rings. The van der Waals surface area contributed by atoms with E-state index in [1.165, 1.54) is 6.07 Å². The van der Waals surface area contributed by atoms with Crippen LogP contribution in [0, 0.1) is 12.7 Å². The third kappa shape index (κ3) is 2.19. The van der Waals surface area contributed by atoms with Gasteiger partial charge in [-0.1, -0.05) is 6.07 Å². The zero-order valence-corrected chi connectivity index (χ0v) is 8.68. The van der Waals surface area contributed by atoms with Crippen LogP contribution in [0.25, 0.3) is 0 Å². The molecule has 1 fully saturated rings. The van der Waals surface area contributed by atoms with E-state index in [0.29, 0.717) is 24.5 Å². The van der Waals surface area contributed by atoms with E-state index in [1.807, 2.05) is 0 Å². The fraction of sp³-hybridized carbons (Fsp3) is 0.400. The molecule has 0 aromatic heterocycles. The fourth-order valence-electron chi connectivity index (χ4n) is 1.03. The van der Waals surface area contributed by atoms with Gasteiger partial charge in [0.05, 0.1) is 6.61 Å². The molecule has 0 N–H and O–H groups in total. The number of halogens is 1. The highest BCUT2D eigenvalue weighted by atomic mass is 32.1. The van der Waals surface area contributed by atoms with Crippen LogP contribution in [0.1, 0.15) is 5.56 Å². The number of benzene rings is 1. The Morgan fingerprint density at radius 2 is 2.36 bits per heavy atom. The number of ether oxygens (including phenoxy) is 2. The standard InChI is InChI=1S/C10H11FO2S/c1-7-2-3-8(4-9(7)11)12-5-10(14)6-13-10/h2-4,14H,5-6H2,1H3/t10-/m0/s1. The van der Waals surface area contributed by atoms with Crippen LogP contribution in [-0.2, 0) is 4.74 Å². The second-order valence-electron chi connectivity index (χ2n) is 3.43. The van der Waals surface area contributed by atoms with Gasteiger partial charge in [-0.25, -0.2) is 4.39 Å². The summed E-state index contributed by atoms with van der Waals surface area (Å²) in [5.74, 6) is 0.254. The zero-order chi connectivity index (χ0) is 10.2. The van der Waals surface area contributed by atoms with Crippen LogP contribution >= 0.6 is 12.6 Å². The molecule has 1 atom stereocenters. The first kappa shape index (κ1) is 9.80. The molecule has 1 heterocycles. The molecular formula is C10H11FO2S. The maximum atomic E-state index is 13.1. The van der Waals surface area contributed by atoms with E-state index < -0.39 is 4.93 Å². The first-order valence-corrected chi connectivity index (χ1v) is 4.79. The van der Waals surface area contributed by atoms with Crippen LogP contribution in [0.3, 0.4) is 0 Å². The van der Waals surface area contributed by atoms with Crippen LogP contribution < -0.4 is 4.74 Å². The lowest BCUT2D eigenvalue weighted by Crippen LogP contribution is -2.14. The normalized spacial score (nSPS) is 24.8. The third-order valence-corrected chi connectivity index (χ3v) is 2.47. The van der Waals surface area contributed by atoms with Gasteiger partial charge in [-0.15, -0.1) is 12.6 Å². The lowest BCUT2D eigenvalue weighted by atomic mass is 10.2. The van der Waals surface area contributed by atoms with Gasteiger partial charge in [-0.2, -0.15) is 0 Å². The van der Waals surface area contributed by atoms with E-state index in [0.717, 1.165) is 0 Å². The highest BCUT2D eigenvalue weighted by Crippen LogP contribution is 2.31. The van der Waals surface area contributed by atoms with E-state index in [9.17, 15) is 4.39 Å². The SMILES string of the molecule is Cc1ccc(OC[C@]2(S)CO2)cc1F. The largest absolute Gasteiger partial charge is 0.489 e. The van der Waals surface area contributed by atoms with E-state index in [4.69, 9.17) is 9.47 Å². The summed E-state index contributed by atoms with van der Waals surface area (Å²) in [6.07, 6.45) is 0. The monoisotopic (exact) mass is 214 g/mol. The summed E-state index contributed by atoms with van der Waals surface area (Å²) in [5, 5.41) is 0. The number of epoxide rings is 1. The molecule has 1 saturated heterocycles. The van der Waals surface area contributed by atoms with Gasteiger partial charge in [-0.05, 0) is 18.6 Å². The Bertz CT molecular complexity index is 350. The molecule has 1 aliphatic heterocycles. The number of hydrogen-bond acceptors (Lipinski definition) is 3. The molecule has 0 aliphatic carbocycles. The Kier molecular flexibility index (Phi) is 2.41. The van der Waals surface area contributed by atoms with Gasteiger partial charge in [0.1, 0.15) is 18.2 Å². The molecule has 1 aromatic rings. The summed E-state index contributed by atoms with van der Waals surface area (Å²) in [5.41, 5.74) is 0.612. The summed E-state index contributed by atoms with van der Waals surface area (Å²) in [4.78, 5) is -0.457. The molecule has 2 rings (SSSR count). The minimum Gasteiger partial charge on any atom is -0.489 e. The Hall–Kier alpha value is -0.740. The van der Waals surface area contributed by atoms with Crippen molar-refractivity contribution >= 4 is 12.6 Å². The zero-order valence-electron chi connectivity index (χ0n) is 7.79. The molecule has 0 unspecified atom stereocenters. The minimum absolute atomic E-state index is 0.257. The first-order chi connectivity index (χ1) is 6.59. The predicted octanol–water partition coefficient (Wildman–Crippen LogP) is 2.17. The molecule has 2 nitrogen and oxygen atoms in total. The topological polar surface area (TPSA) is 21.8 Å². The quantitative estimate of drug-likeness (QED) is 0.615. The lowest BCUT2D eigenvalue weighted by molar-refractivity contribution is 0.246. The number of rotatable bonds is 3. The van der Waals surface area contributed by atoms with Crippen LogP contribution in [-0.4, -0.2) is 18.1 Å². The fourth-order valence-corrected chi connectivity index (χ4v) is 1.16. The van der Waals surface area contributed by atoms with Gasteiger partial charge in [-0.3, -0.25) is 0 Å². The third-order valence-electron chi connectivity index (χ3n) is 2.09. The Labute approximate surface area is 87.4 Å². The first-order valence-electron chi connectivity index (χ1n) is 4.34. The van der Waals surface area contributed by atoms with Crippen molar-refractivity contribution in [3.05, 3.63) is 29.6 Å². The number of thiol groups is 1. The minimum atomic E-state index is -0.457. The molecular weight excluding hydrogens is 203 g/mol. The lowest BCUT2D eigenvalue weighted by Gasteiger charge is -2.08. The molecule has 0 saturated carbocycles. The maximum Gasteiger partial charge on any atom is 0.168 e. The summed E-state index contributed by atoms with van der Waals surface area (Å²) >= 11 is 4.20. The average Bonchev–Trinajstić information content (AvgIpc) is 2.87. The second kappa shape index (κ2) is 3.44. The van der Waals surface area contributed by atoms with Gasteiger partial charge < -0.3 is 9.47 Å². The summed E-state index contributed by atoms with van der Waals surface area (Å²) in [6.45, 7) is 2.65. The van der Waals surface area contributed by atoms with Gasteiger partial charge in [0, 0.05) is 6.07 Å². The van der Waals surface area contributed by atoms with Gasteiger partial charge in [0.15, 0.2) is 4.93 Å². The van der Waals surface area contributed by atoms with E-state index in [-0.39, 0.29) is 5.82 Å². The van der Waals surface area contributed by atoms with Crippen molar-refractivity contribution < 1.29 is 13.9 Å². The molecule has 0 bridgehead atoms. The number of aryl methyl sites for hydroxylation is 1. The molecule has 0 radical (unpaired) electrons. The van der Waals surface area contributed by atoms with Crippen LogP contribution in [0.2, 0.25) is 0 Å². The van der Waals surface area contributed by atoms with Gasteiger partial charge >= 0.3 is 0 Å². The molecule has 0 spiro atoms. The van der Waals surface area contributed by atoms with Crippen molar-refractivity contribution in [1.29, 1.82) is 0 Å². The predicted molar refractivity (Wildman–Crippen MR) is 54.3 cm³/mol. The van der Waals surface area contributed by atoms with E-state index >= 15 is 0 Å². The second-order valence-corrected chi connectivity index (χ2v) is 4.25. The molecule has 4 heteroatoms. The molecule has 76 valence electrons. The summed E-state index contributed by atoms with van der Waals surface area (Å²) in [6, 6.07) is 4.79. The van der Waals surface area contributed by atoms with Crippen LogP contribution in [0.4, 0.5) is 4.39 Å². The summed E-state index contributed by atoms with van der Waals surface area (Å²) < 4.78 is 23.4. The molecule has 14 heavy (non-hydrogen) atoms. The summed E-state index contributed by atoms with van der Waals surface area (Å²) in [7, 11) is 0. The highest BCUT2D eigenvalue weighted by Gasteiger charge is 2.41. The highest BCUT2D eigenvalue weighted by molar-refractivity contribution is 7.82. The Morgan fingerprint density at radius 3 is 2.93 bits per heavy atom. The molecule has 0 amide bonds. The number of hydrogen-bond donors (Lipinski definition) is 1. The van der Waals surface area contributed by atoms with Crippen LogP contribution in [0.15, 0.2) is 18.2 Å². The van der Waals surface area contributed by atoms with Crippen molar-refractivity contribution in [2.45, 2.75) is 11.9 Å². The van der Waals surface area contributed by atoms with Gasteiger partial charge in [0.25, 0.3) is 0 Å². The average molecular weight is 214 g/mol.